The summed E-state index contributed by atoms with van der Waals surface area (Å²) in [7, 11) is 0. The number of ether oxygens (including phenoxy) is 1. The van der Waals surface area contributed by atoms with Crippen LogP contribution in [-0.4, -0.2) is 11.7 Å². The van der Waals surface area contributed by atoms with E-state index >= 15 is 0 Å². The van der Waals surface area contributed by atoms with Crippen LogP contribution in [0, 0.1) is 3.57 Å². The molecular formula is C18H19IO2. The van der Waals surface area contributed by atoms with Crippen LogP contribution in [-0.2, 0) is 6.42 Å². The van der Waals surface area contributed by atoms with Crippen LogP contribution in [0.25, 0.3) is 0 Å². The highest BCUT2D eigenvalue weighted by molar-refractivity contribution is 14.1. The van der Waals surface area contributed by atoms with Gasteiger partial charge in [-0.2, -0.15) is 0 Å². The number of hydrogen-bond acceptors (Lipinski definition) is 2. The molecule has 0 unspecified atom stereocenters. The van der Waals surface area contributed by atoms with Gasteiger partial charge in [0.15, 0.2) is 11.5 Å². The first kappa shape index (κ1) is 17.3. The molecular weight excluding hydrogens is 375 g/mol. The molecule has 0 bridgehead atoms. The first-order valence-corrected chi connectivity index (χ1v) is 7.56. The van der Waals surface area contributed by atoms with Gasteiger partial charge in [0.25, 0.3) is 0 Å². The number of aromatic hydroxyl groups is 1. The summed E-state index contributed by atoms with van der Waals surface area (Å²) in [6.07, 6.45) is 11.5. The Morgan fingerprint density at radius 3 is 2.62 bits per heavy atom. The molecule has 0 fully saturated rings. The zero-order chi connectivity index (χ0) is 15.7. The predicted molar refractivity (Wildman–Crippen MR) is 97.8 cm³/mol. The number of benzene rings is 1. The van der Waals surface area contributed by atoms with Crippen LogP contribution in [0.3, 0.4) is 0 Å². The predicted octanol–water partition coefficient (Wildman–Crippen LogP) is 4.96. The Balaban J connectivity index is 2.96. The van der Waals surface area contributed by atoms with Gasteiger partial charge in [0.2, 0.25) is 0 Å². The van der Waals surface area contributed by atoms with Crippen molar-refractivity contribution in [2.45, 2.75) is 6.42 Å². The summed E-state index contributed by atoms with van der Waals surface area (Å²) in [5.41, 5.74) is 1.85. The molecule has 0 saturated carbocycles. The van der Waals surface area contributed by atoms with E-state index < -0.39 is 0 Å². The van der Waals surface area contributed by atoms with E-state index in [4.69, 9.17) is 4.74 Å². The Kier molecular flexibility index (Phi) is 7.61. The summed E-state index contributed by atoms with van der Waals surface area (Å²) < 4.78 is 6.82. The van der Waals surface area contributed by atoms with Crippen molar-refractivity contribution in [1.82, 2.24) is 0 Å². The van der Waals surface area contributed by atoms with Crippen LogP contribution in [0.4, 0.5) is 0 Å². The minimum atomic E-state index is 0.136. The fourth-order valence-electron chi connectivity index (χ4n) is 1.68. The minimum Gasteiger partial charge on any atom is -0.504 e. The monoisotopic (exact) mass is 394 g/mol. The van der Waals surface area contributed by atoms with Crippen LogP contribution < -0.4 is 4.74 Å². The van der Waals surface area contributed by atoms with Crippen LogP contribution >= 0.6 is 22.6 Å². The van der Waals surface area contributed by atoms with Crippen molar-refractivity contribution in [2.24, 2.45) is 0 Å². The molecule has 0 aliphatic rings. The number of phenols is 1. The van der Waals surface area contributed by atoms with Crippen LogP contribution in [0.1, 0.15) is 5.56 Å². The molecule has 0 aliphatic heterocycles. The fourth-order valence-corrected chi connectivity index (χ4v) is 2.32. The molecule has 0 saturated heterocycles. The van der Waals surface area contributed by atoms with Crippen molar-refractivity contribution in [2.75, 3.05) is 6.61 Å². The number of phenolic OH excluding ortho intramolecular Hbond substituents is 1. The summed E-state index contributed by atoms with van der Waals surface area (Å²) >= 11 is 2.22. The molecule has 0 spiro atoms. The SMILES string of the molecule is C=C/C=C\C=C(/C=C)COc1c(O)ccc(I)c1CC=C. The third-order valence-electron chi connectivity index (χ3n) is 2.73. The van der Waals surface area contributed by atoms with Gasteiger partial charge in [0, 0.05) is 9.13 Å². The van der Waals surface area contributed by atoms with Crippen LogP contribution in [0.2, 0.25) is 0 Å². The van der Waals surface area contributed by atoms with Gasteiger partial charge in [-0.1, -0.05) is 49.6 Å². The number of halogens is 1. The maximum Gasteiger partial charge on any atom is 0.165 e. The average Bonchev–Trinajstić information content (AvgIpc) is 2.48. The van der Waals surface area contributed by atoms with Crippen molar-refractivity contribution >= 4 is 22.6 Å². The second kappa shape index (κ2) is 9.23. The van der Waals surface area contributed by atoms with Crippen molar-refractivity contribution in [1.29, 1.82) is 0 Å². The maximum absolute atomic E-state index is 10.0. The smallest absolute Gasteiger partial charge is 0.165 e. The first-order valence-electron chi connectivity index (χ1n) is 6.48. The lowest BCUT2D eigenvalue weighted by molar-refractivity contribution is 0.327. The zero-order valence-electron chi connectivity index (χ0n) is 11.9. The third kappa shape index (κ3) is 5.27. The number of allylic oxidation sites excluding steroid dienone is 5. The molecule has 3 heteroatoms. The molecule has 0 aliphatic carbocycles. The molecule has 21 heavy (non-hydrogen) atoms. The Labute approximate surface area is 140 Å². The highest BCUT2D eigenvalue weighted by atomic mass is 127. The van der Waals surface area contributed by atoms with Crippen molar-refractivity contribution < 1.29 is 9.84 Å². The first-order chi connectivity index (χ1) is 10.1. The van der Waals surface area contributed by atoms with Gasteiger partial charge in [0.05, 0.1) is 0 Å². The zero-order valence-corrected chi connectivity index (χ0v) is 14.0. The van der Waals surface area contributed by atoms with Gasteiger partial charge >= 0.3 is 0 Å². The van der Waals surface area contributed by atoms with Crippen molar-refractivity contribution in [3.05, 3.63) is 83.0 Å². The van der Waals surface area contributed by atoms with Gasteiger partial charge in [-0.15, -0.1) is 6.58 Å². The quantitative estimate of drug-likeness (QED) is 0.384. The van der Waals surface area contributed by atoms with E-state index in [1.807, 2.05) is 24.3 Å². The number of hydrogen-bond donors (Lipinski definition) is 1. The fraction of sp³-hybridized carbons (Fsp3) is 0.111. The number of rotatable bonds is 8. The molecule has 0 heterocycles. The van der Waals surface area contributed by atoms with E-state index in [9.17, 15) is 5.11 Å². The highest BCUT2D eigenvalue weighted by Crippen LogP contribution is 2.34. The van der Waals surface area contributed by atoms with E-state index in [2.05, 4.69) is 42.3 Å². The standard InChI is InChI=1S/C18H19IO2/c1-4-7-8-10-14(6-3)13-21-18-15(9-5-2)16(19)11-12-17(18)20/h4-8,10-12,20H,1-3,9,13H2/b8-7-,14-10+. The van der Waals surface area contributed by atoms with Gasteiger partial charge < -0.3 is 9.84 Å². The average molecular weight is 394 g/mol. The van der Waals surface area contributed by atoms with Crippen LogP contribution in [0.15, 0.2) is 73.9 Å². The summed E-state index contributed by atoms with van der Waals surface area (Å²) in [5.74, 6) is 0.638. The summed E-state index contributed by atoms with van der Waals surface area (Å²) in [6, 6.07) is 3.50. The normalized spacial score (nSPS) is 11.4. The Morgan fingerprint density at radius 1 is 1.24 bits per heavy atom. The molecule has 0 atom stereocenters. The maximum atomic E-state index is 10.0. The van der Waals surface area contributed by atoms with Crippen molar-refractivity contribution in [3.8, 4) is 11.5 Å². The largest absolute Gasteiger partial charge is 0.504 e. The Bertz CT molecular complexity index is 583. The van der Waals surface area contributed by atoms with E-state index in [-0.39, 0.29) is 5.75 Å². The molecule has 0 aromatic heterocycles. The summed E-state index contributed by atoms with van der Waals surface area (Å²) in [6.45, 7) is 11.5. The van der Waals surface area contributed by atoms with Gasteiger partial charge in [-0.3, -0.25) is 0 Å². The van der Waals surface area contributed by atoms with Gasteiger partial charge in [-0.05, 0) is 46.7 Å². The molecule has 1 aromatic rings. The van der Waals surface area contributed by atoms with E-state index in [1.165, 1.54) is 0 Å². The Hall–Kier alpha value is -1.75. The van der Waals surface area contributed by atoms with Gasteiger partial charge in [0.1, 0.15) is 6.61 Å². The minimum absolute atomic E-state index is 0.136. The summed E-state index contributed by atoms with van der Waals surface area (Å²) in [4.78, 5) is 0. The van der Waals surface area contributed by atoms with Gasteiger partial charge in [-0.25, -0.2) is 0 Å². The Morgan fingerprint density at radius 2 is 2.00 bits per heavy atom. The van der Waals surface area contributed by atoms with E-state index in [1.54, 1.807) is 24.3 Å². The lowest BCUT2D eigenvalue weighted by atomic mass is 10.1. The lowest BCUT2D eigenvalue weighted by Gasteiger charge is -2.14. The summed E-state index contributed by atoms with van der Waals surface area (Å²) in [5, 5.41) is 10.0. The molecule has 2 nitrogen and oxygen atoms in total. The molecule has 110 valence electrons. The van der Waals surface area contributed by atoms with Crippen molar-refractivity contribution in [3.63, 3.8) is 0 Å². The third-order valence-corrected chi connectivity index (χ3v) is 3.74. The topological polar surface area (TPSA) is 29.5 Å². The molecule has 0 radical (unpaired) electrons. The van der Waals surface area contributed by atoms with Crippen LogP contribution in [0.5, 0.6) is 11.5 Å². The molecule has 0 amide bonds. The van der Waals surface area contributed by atoms with E-state index in [0.29, 0.717) is 18.8 Å². The molecule has 1 N–H and O–H groups in total. The highest BCUT2D eigenvalue weighted by Gasteiger charge is 2.12. The second-order valence-corrected chi connectivity index (χ2v) is 5.38. The van der Waals surface area contributed by atoms with E-state index in [0.717, 1.165) is 14.7 Å². The second-order valence-electron chi connectivity index (χ2n) is 4.22. The molecule has 1 rings (SSSR count). The molecule has 1 aromatic carbocycles. The lowest BCUT2D eigenvalue weighted by Crippen LogP contribution is -2.03.